The molecule has 0 aromatic rings. The summed E-state index contributed by atoms with van der Waals surface area (Å²) in [6.07, 6.45) is 12.3. The van der Waals surface area contributed by atoms with Gasteiger partial charge in [-0.1, -0.05) is 19.3 Å². The van der Waals surface area contributed by atoms with Gasteiger partial charge in [0, 0.05) is 12.1 Å². The number of nitriles is 1. The zero-order chi connectivity index (χ0) is 11.7. The van der Waals surface area contributed by atoms with Crippen LogP contribution in [0, 0.1) is 23.2 Å². The molecule has 0 bridgehead atoms. The Balaban J connectivity index is 1.70. The van der Waals surface area contributed by atoms with Crippen molar-refractivity contribution in [2.75, 3.05) is 6.54 Å². The van der Waals surface area contributed by atoms with E-state index in [1.807, 2.05) is 0 Å². The average Bonchev–Trinajstić information content (AvgIpc) is 3.09. The molecule has 2 nitrogen and oxygen atoms in total. The first-order chi connectivity index (χ1) is 8.40. The van der Waals surface area contributed by atoms with Crippen molar-refractivity contribution in [3.63, 3.8) is 0 Å². The van der Waals surface area contributed by atoms with Crippen LogP contribution >= 0.6 is 0 Å². The molecule has 3 unspecified atom stereocenters. The van der Waals surface area contributed by atoms with E-state index in [-0.39, 0.29) is 0 Å². The maximum Gasteiger partial charge on any atom is 0.0672 e. The van der Waals surface area contributed by atoms with Gasteiger partial charge in [0.1, 0.15) is 0 Å². The van der Waals surface area contributed by atoms with Crippen LogP contribution in [0.2, 0.25) is 0 Å². The van der Waals surface area contributed by atoms with Gasteiger partial charge in [0.25, 0.3) is 0 Å². The summed E-state index contributed by atoms with van der Waals surface area (Å²) >= 11 is 0. The van der Waals surface area contributed by atoms with Gasteiger partial charge in [-0.25, -0.2) is 0 Å². The smallest absolute Gasteiger partial charge is 0.0672 e. The summed E-state index contributed by atoms with van der Waals surface area (Å²) in [6, 6.07) is 4.00. The number of rotatable bonds is 2. The second-order valence-electron chi connectivity index (χ2n) is 6.23. The Labute approximate surface area is 105 Å². The Morgan fingerprint density at radius 3 is 2.35 bits per heavy atom. The van der Waals surface area contributed by atoms with E-state index in [2.05, 4.69) is 11.0 Å². The monoisotopic (exact) mass is 232 g/mol. The molecule has 3 rings (SSSR count). The van der Waals surface area contributed by atoms with E-state index < -0.39 is 0 Å². The molecule has 2 heteroatoms. The molecule has 94 valence electrons. The van der Waals surface area contributed by atoms with Crippen molar-refractivity contribution in [3.8, 4) is 6.07 Å². The molecular weight excluding hydrogens is 208 g/mol. The van der Waals surface area contributed by atoms with Crippen LogP contribution in [0.1, 0.15) is 57.8 Å². The minimum absolute atomic E-state index is 0.331. The predicted octanol–water partition coefficient (Wildman–Crippen LogP) is 3.33. The van der Waals surface area contributed by atoms with Crippen molar-refractivity contribution in [2.24, 2.45) is 11.8 Å². The van der Waals surface area contributed by atoms with E-state index in [1.165, 1.54) is 57.9 Å². The van der Waals surface area contributed by atoms with Gasteiger partial charge >= 0.3 is 0 Å². The third-order valence-electron chi connectivity index (χ3n) is 5.36. The molecule has 2 aliphatic carbocycles. The van der Waals surface area contributed by atoms with Gasteiger partial charge < -0.3 is 0 Å². The van der Waals surface area contributed by atoms with E-state index in [4.69, 9.17) is 0 Å². The highest BCUT2D eigenvalue weighted by molar-refractivity contribution is 5.01. The fraction of sp³-hybridized carbons (Fsp3) is 0.933. The van der Waals surface area contributed by atoms with Crippen LogP contribution in [0.4, 0.5) is 0 Å². The van der Waals surface area contributed by atoms with E-state index in [0.29, 0.717) is 12.0 Å². The number of hydrogen-bond acceptors (Lipinski definition) is 2. The third-order valence-corrected chi connectivity index (χ3v) is 5.36. The van der Waals surface area contributed by atoms with E-state index in [1.54, 1.807) is 0 Å². The number of nitrogens with zero attached hydrogens (tertiary/aromatic N) is 2. The minimum atomic E-state index is 0.331. The molecule has 1 heterocycles. The summed E-state index contributed by atoms with van der Waals surface area (Å²) in [5, 5.41) is 9.27. The average molecular weight is 232 g/mol. The zero-order valence-corrected chi connectivity index (χ0v) is 10.8. The summed E-state index contributed by atoms with van der Waals surface area (Å²) in [5.74, 6) is 1.29. The largest absolute Gasteiger partial charge is 0.296 e. The van der Waals surface area contributed by atoms with Crippen molar-refractivity contribution in [2.45, 2.75) is 69.9 Å². The topological polar surface area (TPSA) is 27.0 Å². The molecule has 3 atom stereocenters. The fourth-order valence-electron chi connectivity index (χ4n) is 4.56. The summed E-state index contributed by atoms with van der Waals surface area (Å²) < 4.78 is 0. The molecule has 0 spiro atoms. The highest BCUT2D eigenvalue weighted by Crippen LogP contribution is 2.40. The molecule has 0 radical (unpaired) electrons. The lowest BCUT2D eigenvalue weighted by Gasteiger charge is -2.35. The molecular formula is C15H24N2. The second-order valence-corrected chi connectivity index (χ2v) is 6.23. The van der Waals surface area contributed by atoms with Gasteiger partial charge in [-0.3, -0.25) is 4.90 Å². The molecule has 1 aliphatic heterocycles. The Morgan fingerprint density at radius 1 is 0.824 bits per heavy atom. The van der Waals surface area contributed by atoms with Crippen molar-refractivity contribution >= 4 is 0 Å². The number of hydrogen-bond donors (Lipinski definition) is 0. The normalized spacial score (nSPS) is 39.8. The zero-order valence-electron chi connectivity index (χ0n) is 10.8. The molecule has 0 aromatic heterocycles. The van der Waals surface area contributed by atoms with Crippen molar-refractivity contribution in [1.29, 1.82) is 5.26 Å². The lowest BCUT2D eigenvalue weighted by molar-refractivity contribution is 0.122. The number of likely N-dealkylation sites (tertiary alicyclic amines) is 1. The maximum absolute atomic E-state index is 9.27. The van der Waals surface area contributed by atoms with Crippen molar-refractivity contribution < 1.29 is 0 Å². The van der Waals surface area contributed by atoms with Gasteiger partial charge in [0.05, 0.1) is 12.0 Å². The first-order valence-electron chi connectivity index (χ1n) is 7.55. The van der Waals surface area contributed by atoms with Crippen LogP contribution in [0.25, 0.3) is 0 Å². The summed E-state index contributed by atoms with van der Waals surface area (Å²) in [5.41, 5.74) is 0. The van der Waals surface area contributed by atoms with Gasteiger partial charge in [0.2, 0.25) is 0 Å². The van der Waals surface area contributed by atoms with Gasteiger partial charge in [0.15, 0.2) is 0 Å². The Kier molecular flexibility index (Phi) is 3.38. The van der Waals surface area contributed by atoms with Gasteiger partial charge in [-0.15, -0.1) is 0 Å². The SMILES string of the molecule is N#CC1CCCC1N1CCCC1C1CCCC1. The third kappa shape index (κ3) is 2.10. The van der Waals surface area contributed by atoms with Crippen molar-refractivity contribution in [1.82, 2.24) is 4.90 Å². The van der Waals surface area contributed by atoms with Crippen LogP contribution in [0.3, 0.4) is 0 Å². The quantitative estimate of drug-likeness (QED) is 0.730. The molecule has 2 saturated carbocycles. The lowest BCUT2D eigenvalue weighted by atomic mass is 9.93. The molecule has 17 heavy (non-hydrogen) atoms. The van der Waals surface area contributed by atoms with Crippen LogP contribution in [0.5, 0.6) is 0 Å². The van der Waals surface area contributed by atoms with Crippen LogP contribution in [-0.2, 0) is 0 Å². The standard InChI is InChI=1S/C15H24N2/c16-11-13-7-3-8-15(13)17-10-4-9-14(17)12-5-1-2-6-12/h12-15H,1-10H2. The van der Waals surface area contributed by atoms with Gasteiger partial charge in [-0.2, -0.15) is 5.26 Å². The Bertz CT molecular complexity index is 301. The van der Waals surface area contributed by atoms with E-state index in [0.717, 1.165) is 18.4 Å². The fourth-order valence-corrected chi connectivity index (χ4v) is 4.56. The summed E-state index contributed by atoms with van der Waals surface area (Å²) in [7, 11) is 0. The maximum atomic E-state index is 9.27. The highest BCUT2D eigenvalue weighted by atomic mass is 15.2. The Hall–Kier alpha value is -0.550. The lowest BCUT2D eigenvalue weighted by Crippen LogP contribution is -2.43. The van der Waals surface area contributed by atoms with Crippen LogP contribution in [0.15, 0.2) is 0 Å². The summed E-state index contributed by atoms with van der Waals surface area (Å²) in [4.78, 5) is 2.75. The second kappa shape index (κ2) is 4.98. The molecule has 3 fully saturated rings. The highest BCUT2D eigenvalue weighted by Gasteiger charge is 2.41. The first-order valence-corrected chi connectivity index (χ1v) is 7.55. The van der Waals surface area contributed by atoms with Crippen LogP contribution < -0.4 is 0 Å². The predicted molar refractivity (Wildman–Crippen MR) is 68.4 cm³/mol. The molecule has 1 saturated heterocycles. The van der Waals surface area contributed by atoms with E-state index >= 15 is 0 Å². The van der Waals surface area contributed by atoms with Crippen molar-refractivity contribution in [3.05, 3.63) is 0 Å². The summed E-state index contributed by atoms with van der Waals surface area (Å²) in [6.45, 7) is 1.27. The van der Waals surface area contributed by atoms with Crippen LogP contribution in [-0.4, -0.2) is 23.5 Å². The Morgan fingerprint density at radius 2 is 1.59 bits per heavy atom. The molecule has 0 amide bonds. The van der Waals surface area contributed by atoms with Gasteiger partial charge in [-0.05, 0) is 51.0 Å². The molecule has 0 aromatic carbocycles. The minimum Gasteiger partial charge on any atom is -0.296 e. The van der Waals surface area contributed by atoms with E-state index in [9.17, 15) is 5.26 Å². The molecule has 3 aliphatic rings. The molecule has 0 N–H and O–H groups in total. The first kappa shape index (κ1) is 11.5.